The second-order valence-corrected chi connectivity index (χ2v) is 4.29. The molecule has 1 fully saturated rings. The highest BCUT2D eigenvalue weighted by molar-refractivity contribution is 6.33. The van der Waals surface area contributed by atoms with Gasteiger partial charge in [0, 0.05) is 18.8 Å². The van der Waals surface area contributed by atoms with Gasteiger partial charge in [-0.25, -0.2) is 0 Å². The molecular formula is C11H15ClN2. The predicted molar refractivity (Wildman–Crippen MR) is 61.9 cm³/mol. The standard InChI is InChI=1S/C11H15ClN2/c1-2-8-6-14(7-8)9-3-4-11(13)10(12)5-9/h3-5,8H,2,6-7,13H2,1H3. The summed E-state index contributed by atoms with van der Waals surface area (Å²) in [6.45, 7) is 4.53. The number of nitrogen functional groups attached to an aromatic ring is 1. The smallest absolute Gasteiger partial charge is 0.0656 e. The summed E-state index contributed by atoms with van der Waals surface area (Å²) in [6, 6.07) is 5.85. The van der Waals surface area contributed by atoms with Crippen molar-refractivity contribution in [1.82, 2.24) is 0 Å². The van der Waals surface area contributed by atoms with Gasteiger partial charge in [0.25, 0.3) is 0 Å². The zero-order valence-corrected chi connectivity index (χ0v) is 9.09. The summed E-state index contributed by atoms with van der Waals surface area (Å²) in [5, 5.41) is 0.655. The second kappa shape index (κ2) is 3.70. The van der Waals surface area contributed by atoms with Crippen LogP contribution in [0.5, 0.6) is 0 Å². The van der Waals surface area contributed by atoms with Crippen LogP contribution in [0.4, 0.5) is 11.4 Å². The molecule has 2 rings (SSSR count). The van der Waals surface area contributed by atoms with E-state index in [1.165, 1.54) is 12.1 Å². The summed E-state index contributed by atoms with van der Waals surface area (Å²) in [7, 11) is 0. The highest BCUT2D eigenvalue weighted by Crippen LogP contribution is 2.30. The van der Waals surface area contributed by atoms with Crippen LogP contribution in [-0.4, -0.2) is 13.1 Å². The molecule has 0 radical (unpaired) electrons. The van der Waals surface area contributed by atoms with Crippen LogP contribution >= 0.6 is 11.6 Å². The third-order valence-corrected chi connectivity index (χ3v) is 3.21. The zero-order valence-electron chi connectivity index (χ0n) is 8.33. The molecule has 2 N–H and O–H groups in total. The third kappa shape index (κ3) is 1.67. The summed E-state index contributed by atoms with van der Waals surface area (Å²) in [4.78, 5) is 2.33. The summed E-state index contributed by atoms with van der Waals surface area (Å²) in [5.74, 6) is 0.853. The van der Waals surface area contributed by atoms with Crippen molar-refractivity contribution in [3.63, 3.8) is 0 Å². The maximum atomic E-state index is 5.96. The molecular weight excluding hydrogens is 196 g/mol. The molecule has 1 saturated heterocycles. The Bertz CT molecular complexity index is 332. The van der Waals surface area contributed by atoms with Gasteiger partial charge in [0.2, 0.25) is 0 Å². The SMILES string of the molecule is CCC1CN(c2ccc(N)c(Cl)c2)C1. The molecule has 0 aromatic heterocycles. The highest BCUT2D eigenvalue weighted by Gasteiger charge is 2.25. The minimum Gasteiger partial charge on any atom is -0.398 e. The monoisotopic (exact) mass is 210 g/mol. The maximum Gasteiger partial charge on any atom is 0.0656 e. The average molecular weight is 211 g/mol. The van der Waals surface area contributed by atoms with E-state index in [2.05, 4.69) is 11.8 Å². The lowest BCUT2D eigenvalue weighted by Gasteiger charge is -2.40. The summed E-state index contributed by atoms with van der Waals surface area (Å²) in [5.41, 5.74) is 7.50. The Kier molecular flexibility index (Phi) is 2.55. The van der Waals surface area contributed by atoms with Crippen molar-refractivity contribution in [2.45, 2.75) is 13.3 Å². The van der Waals surface area contributed by atoms with Gasteiger partial charge >= 0.3 is 0 Å². The molecule has 3 heteroatoms. The van der Waals surface area contributed by atoms with Gasteiger partial charge in [0.15, 0.2) is 0 Å². The van der Waals surface area contributed by atoms with Gasteiger partial charge in [-0.3, -0.25) is 0 Å². The molecule has 0 aliphatic carbocycles. The summed E-state index contributed by atoms with van der Waals surface area (Å²) in [6.07, 6.45) is 1.26. The lowest BCUT2D eigenvalue weighted by molar-refractivity contribution is 0.399. The fraction of sp³-hybridized carbons (Fsp3) is 0.455. The van der Waals surface area contributed by atoms with E-state index in [4.69, 9.17) is 17.3 Å². The van der Waals surface area contributed by atoms with Crippen molar-refractivity contribution in [3.8, 4) is 0 Å². The van der Waals surface area contributed by atoms with E-state index in [1.807, 2.05) is 18.2 Å². The van der Waals surface area contributed by atoms with Crippen molar-refractivity contribution >= 4 is 23.0 Å². The van der Waals surface area contributed by atoms with Gasteiger partial charge in [-0.15, -0.1) is 0 Å². The highest BCUT2D eigenvalue weighted by atomic mass is 35.5. The minimum absolute atomic E-state index is 0.655. The van der Waals surface area contributed by atoms with Crippen LogP contribution in [0.15, 0.2) is 18.2 Å². The zero-order chi connectivity index (χ0) is 10.1. The molecule has 0 bridgehead atoms. The Hall–Kier alpha value is -0.890. The molecule has 0 amide bonds. The normalized spacial score (nSPS) is 16.9. The molecule has 76 valence electrons. The number of nitrogens with two attached hydrogens (primary N) is 1. The third-order valence-electron chi connectivity index (χ3n) is 2.88. The van der Waals surface area contributed by atoms with Gasteiger partial charge in [0.1, 0.15) is 0 Å². The van der Waals surface area contributed by atoms with E-state index in [9.17, 15) is 0 Å². The van der Waals surface area contributed by atoms with Crippen molar-refractivity contribution < 1.29 is 0 Å². The number of hydrogen-bond acceptors (Lipinski definition) is 2. The number of rotatable bonds is 2. The van der Waals surface area contributed by atoms with E-state index >= 15 is 0 Å². The van der Waals surface area contributed by atoms with Crippen LogP contribution in [0.3, 0.4) is 0 Å². The molecule has 0 spiro atoms. The van der Waals surface area contributed by atoms with Crippen molar-refractivity contribution in [2.24, 2.45) is 5.92 Å². The molecule has 1 heterocycles. The van der Waals surface area contributed by atoms with Gasteiger partial charge in [-0.1, -0.05) is 18.5 Å². The molecule has 1 aliphatic heterocycles. The fourth-order valence-corrected chi connectivity index (χ4v) is 1.93. The first-order valence-corrected chi connectivity index (χ1v) is 5.38. The number of benzene rings is 1. The Balaban J connectivity index is 2.08. The quantitative estimate of drug-likeness (QED) is 0.761. The minimum atomic E-state index is 0.655. The number of nitrogens with zero attached hydrogens (tertiary/aromatic N) is 1. The largest absolute Gasteiger partial charge is 0.398 e. The lowest BCUT2D eigenvalue weighted by atomic mass is 9.96. The maximum absolute atomic E-state index is 5.96. The van der Waals surface area contributed by atoms with Crippen molar-refractivity contribution in [1.29, 1.82) is 0 Å². The first-order valence-electron chi connectivity index (χ1n) is 5.00. The van der Waals surface area contributed by atoms with Crippen LogP contribution in [0.2, 0.25) is 5.02 Å². The molecule has 1 aromatic rings. The van der Waals surface area contributed by atoms with Crippen LogP contribution in [-0.2, 0) is 0 Å². The molecule has 14 heavy (non-hydrogen) atoms. The van der Waals surface area contributed by atoms with E-state index in [0.29, 0.717) is 10.7 Å². The first-order chi connectivity index (χ1) is 6.70. The number of halogens is 1. The van der Waals surface area contributed by atoms with E-state index < -0.39 is 0 Å². The molecule has 0 atom stereocenters. The Morgan fingerprint density at radius 3 is 2.79 bits per heavy atom. The van der Waals surface area contributed by atoms with Gasteiger partial charge < -0.3 is 10.6 Å². The summed E-state index contributed by atoms with van der Waals surface area (Å²) >= 11 is 5.96. The summed E-state index contributed by atoms with van der Waals surface area (Å²) < 4.78 is 0. The fourth-order valence-electron chi connectivity index (χ4n) is 1.75. The molecule has 1 aromatic carbocycles. The molecule has 1 aliphatic rings. The first kappa shape index (κ1) is 9.66. The number of anilines is 2. The Morgan fingerprint density at radius 2 is 2.21 bits per heavy atom. The topological polar surface area (TPSA) is 29.3 Å². The van der Waals surface area contributed by atoms with E-state index in [-0.39, 0.29) is 0 Å². The lowest BCUT2D eigenvalue weighted by Crippen LogP contribution is -2.46. The Morgan fingerprint density at radius 1 is 1.50 bits per heavy atom. The van der Waals surface area contributed by atoms with E-state index in [1.54, 1.807) is 0 Å². The molecule has 0 unspecified atom stereocenters. The number of hydrogen-bond donors (Lipinski definition) is 1. The average Bonchev–Trinajstić information content (AvgIpc) is 2.09. The van der Waals surface area contributed by atoms with Gasteiger partial charge in [0.05, 0.1) is 10.7 Å². The second-order valence-electron chi connectivity index (χ2n) is 3.89. The molecule has 2 nitrogen and oxygen atoms in total. The van der Waals surface area contributed by atoms with Crippen LogP contribution < -0.4 is 10.6 Å². The molecule has 0 saturated carbocycles. The van der Waals surface area contributed by atoms with Gasteiger partial charge in [-0.2, -0.15) is 0 Å². The van der Waals surface area contributed by atoms with Crippen LogP contribution in [0, 0.1) is 5.92 Å². The van der Waals surface area contributed by atoms with Crippen LogP contribution in [0.1, 0.15) is 13.3 Å². The van der Waals surface area contributed by atoms with Gasteiger partial charge in [-0.05, 0) is 30.5 Å². The predicted octanol–water partition coefficient (Wildman–Crippen LogP) is 2.77. The van der Waals surface area contributed by atoms with Crippen molar-refractivity contribution in [3.05, 3.63) is 23.2 Å². The Labute approximate surface area is 89.7 Å². The van der Waals surface area contributed by atoms with E-state index in [0.717, 1.165) is 19.0 Å². The van der Waals surface area contributed by atoms with Crippen LogP contribution in [0.25, 0.3) is 0 Å². The van der Waals surface area contributed by atoms with Crippen molar-refractivity contribution in [2.75, 3.05) is 23.7 Å².